The molecule has 0 unspecified atom stereocenters. The summed E-state index contributed by atoms with van der Waals surface area (Å²) in [5, 5.41) is 3.32. The van der Waals surface area contributed by atoms with Gasteiger partial charge in [0.05, 0.1) is 12.6 Å². The maximum absolute atomic E-state index is 12.2. The van der Waals surface area contributed by atoms with Crippen LogP contribution < -0.4 is 10.1 Å². The van der Waals surface area contributed by atoms with Gasteiger partial charge in [0.15, 0.2) is 0 Å². The Morgan fingerprint density at radius 2 is 2.20 bits per heavy atom. The summed E-state index contributed by atoms with van der Waals surface area (Å²) >= 11 is 5.80. The Bertz CT molecular complexity index is 645. The van der Waals surface area contributed by atoms with E-state index < -0.39 is 0 Å². The molecule has 102 valence electrons. The minimum atomic E-state index is -0.156. The fourth-order valence-corrected chi connectivity index (χ4v) is 2.45. The van der Waals surface area contributed by atoms with Gasteiger partial charge in [0.1, 0.15) is 10.9 Å². The highest BCUT2D eigenvalue weighted by Crippen LogP contribution is 2.31. The Labute approximate surface area is 121 Å². The van der Waals surface area contributed by atoms with Gasteiger partial charge in [0.25, 0.3) is 5.91 Å². The minimum Gasteiger partial charge on any atom is -0.493 e. The van der Waals surface area contributed by atoms with Crippen molar-refractivity contribution in [1.82, 2.24) is 10.3 Å². The van der Waals surface area contributed by atoms with E-state index in [4.69, 9.17) is 16.3 Å². The first kappa shape index (κ1) is 12.9. The summed E-state index contributed by atoms with van der Waals surface area (Å²) in [5.41, 5.74) is 1.52. The van der Waals surface area contributed by atoms with Crippen LogP contribution in [0, 0.1) is 0 Å². The molecule has 0 spiro atoms. The lowest BCUT2D eigenvalue weighted by molar-refractivity contribution is 0.0924. The van der Waals surface area contributed by atoms with Crippen molar-refractivity contribution in [3.63, 3.8) is 0 Å². The molecule has 1 aliphatic heterocycles. The number of para-hydroxylation sites is 1. The molecule has 0 aliphatic carbocycles. The fraction of sp³-hybridized carbons (Fsp3) is 0.200. The van der Waals surface area contributed by atoms with E-state index in [1.807, 2.05) is 24.3 Å². The van der Waals surface area contributed by atoms with E-state index in [0.29, 0.717) is 17.3 Å². The molecule has 1 atom stereocenters. The van der Waals surface area contributed by atoms with E-state index in [0.717, 1.165) is 17.7 Å². The molecule has 4 nitrogen and oxygen atoms in total. The number of nitrogens with one attached hydrogen (secondary N) is 1. The lowest BCUT2D eigenvalue weighted by atomic mass is 10.0. The largest absolute Gasteiger partial charge is 0.493 e. The zero-order valence-corrected chi connectivity index (χ0v) is 11.4. The molecular formula is C15H13ClN2O2. The number of pyridine rings is 1. The van der Waals surface area contributed by atoms with Crippen molar-refractivity contribution in [2.24, 2.45) is 0 Å². The molecule has 1 aliphatic rings. The summed E-state index contributed by atoms with van der Waals surface area (Å²) in [7, 11) is 0. The van der Waals surface area contributed by atoms with Crippen molar-refractivity contribution in [3.05, 3.63) is 58.9 Å². The van der Waals surface area contributed by atoms with E-state index in [9.17, 15) is 4.79 Å². The third-order valence-corrected chi connectivity index (χ3v) is 3.46. The topological polar surface area (TPSA) is 51.2 Å². The Kier molecular flexibility index (Phi) is 3.56. The minimum absolute atomic E-state index is 0.0422. The number of hydrogen-bond acceptors (Lipinski definition) is 3. The number of rotatable bonds is 2. The van der Waals surface area contributed by atoms with Crippen LogP contribution in [0.15, 0.2) is 42.6 Å². The average molecular weight is 289 g/mol. The van der Waals surface area contributed by atoms with Gasteiger partial charge in [-0.2, -0.15) is 0 Å². The van der Waals surface area contributed by atoms with Crippen LogP contribution in [0.3, 0.4) is 0 Å². The van der Waals surface area contributed by atoms with Gasteiger partial charge in [-0.05, 0) is 18.2 Å². The van der Waals surface area contributed by atoms with E-state index >= 15 is 0 Å². The highest BCUT2D eigenvalue weighted by atomic mass is 35.5. The number of carbonyl (C=O) groups excluding carboxylic acids is 1. The van der Waals surface area contributed by atoms with Crippen LogP contribution in [-0.4, -0.2) is 17.5 Å². The Morgan fingerprint density at radius 1 is 1.35 bits per heavy atom. The first-order chi connectivity index (χ1) is 9.74. The number of carbonyl (C=O) groups is 1. The fourth-order valence-electron chi connectivity index (χ4n) is 2.28. The van der Waals surface area contributed by atoms with E-state index in [1.54, 1.807) is 12.1 Å². The number of benzene rings is 1. The second kappa shape index (κ2) is 5.51. The lowest BCUT2D eigenvalue weighted by Gasteiger charge is -2.26. The van der Waals surface area contributed by atoms with Crippen molar-refractivity contribution in [2.75, 3.05) is 6.61 Å². The van der Waals surface area contributed by atoms with Crippen molar-refractivity contribution in [1.29, 1.82) is 0 Å². The molecular weight excluding hydrogens is 276 g/mol. The number of amides is 1. The van der Waals surface area contributed by atoms with Crippen LogP contribution in [0.2, 0.25) is 5.15 Å². The maximum Gasteiger partial charge on any atom is 0.251 e. The summed E-state index contributed by atoms with van der Waals surface area (Å²) in [6.07, 6.45) is 2.27. The number of ether oxygens (including phenoxy) is 1. The molecule has 1 N–H and O–H groups in total. The monoisotopic (exact) mass is 288 g/mol. The number of halogens is 1. The highest BCUT2D eigenvalue weighted by Gasteiger charge is 2.23. The molecule has 0 saturated carbocycles. The summed E-state index contributed by atoms with van der Waals surface area (Å²) in [6, 6.07) is 10.9. The molecule has 2 aromatic rings. The first-order valence-corrected chi connectivity index (χ1v) is 6.76. The number of hydrogen-bond donors (Lipinski definition) is 1. The summed E-state index contributed by atoms with van der Waals surface area (Å²) in [4.78, 5) is 16.1. The number of fused-ring (bicyclic) bond motifs is 1. The van der Waals surface area contributed by atoms with E-state index in [1.165, 1.54) is 6.20 Å². The van der Waals surface area contributed by atoms with Gasteiger partial charge >= 0.3 is 0 Å². The maximum atomic E-state index is 12.2. The highest BCUT2D eigenvalue weighted by molar-refractivity contribution is 6.29. The van der Waals surface area contributed by atoms with Gasteiger partial charge in [-0.3, -0.25) is 4.79 Å². The molecule has 0 saturated heterocycles. The predicted molar refractivity (Wildman–Crippen MR) is 76.0 cm³/mol. The van der Waals surface area contributed by atoms with Gasteiger partial charge in [-0.25, -0.2) is 4.98 Å². The van der Waals surface area contributed by atoms with E-state index in [-0.39, 0.29) is 11.9 Å². The summed E-state index contributed by atoms with van der Waals surface area (Å²) in [6.45, 7) is 0.596. The second-order valence-corrected chi connectivity index (χ2v) is 4.96. The summed E-state index contributed by atoms with van der Waals surface area (Å²) in [5.74, 6) is 0.674. The van der Waals surface area contributed by atoms with Crippen molar-refractivity contribution in [3.8, 4) is 5.75 Å². The molecule has 2 heterocycles. The predicted octanol–water partition coefficient (Wildman–Crippen LogP) is 2.99. The van der Waals surface area contributed by atoms with Gasteiger partial charge in [0.2, 0.25) is 0 Å². The second-order valence-electron chi connectivity index (χ2n) is 4.57. The zero-order chi connectivity index (χ0) is 13.9. The molecule has 0 bridgehead atoms. The molecule has 1 aromatic heterocycles. The van der Waals surface area contributed by atoms with Gasteiger partial charge in [-0.1, -0.05) is 29.8 Å². The van der Waals surface area contributed by atoms with Gasteiger partial charge in [-0.15, -0.1) is 0 Å². The Hall–Kier alpha value is -2.07. The first-order valence-electron chi connectivity index (χ1n) is 6.38. The standard InChI is InChI=1S/C15H13ClN2O2/c16-14-9-10(5-7-17-14)15(19)18-12-6-8-20-13-4-2-1-3-11(12)13/h1-5,7,9,12H,6,8H2,(H,18,19)/t12-/m1/s1. The number of aromatic nitrogens is 1. The lowest BCUT2D eigenvalue weighted by Crippen LogP contribution is -2.32. The van der Waals surface area contributed by atoms with Crippen LogP contribution in [-0.2, 0) is 0 Å². The van der Waals surface area contributed by atoms with Crippen LogP contribution >= 0.6 is 11.6 Å². The van der Waals surface area contributed by atoms with Crippen LogP contribution in [0.5, 0.6) is 5.75 Å². The SMILES string of the molecule is O=C(N[C@@H]1CCOc2ccccc21)c1ccnc(Cl)c1. The van der Waals surface area contributed by atoms with Gasteiger partial charge < -0.3 is 10.1 Å². The normalized spacial score (nSPS) is 16.9. The van der Waals surface area contributed by atoms with Crippen LogP contribution in [0.1, 0.15) is 28.4 Å². The smallest absolute Gasteiger partial charge is 0.251 e. The van der Waals surface area contributed by atoms with Crippen LogP contribution in [0.25, 0.3) is 0 Å². The van der Waals surface area contributed by atoms with E-state index in [2.05, 4.69) is 10.3 Å². The third-order valence-electron chi connectivity index (χ3n) is 3.25. The van der Waals surface area contributed by atoms with Crippen molar-refractivity contribution < 1.29 is 9.53 Å². The Balaban J connectivity index is 1.81. The molecule has 20 heavy (non-hydrogen) atoms. The van der Waals surface area contributed by atoms with Crippen LogP contribution in [0.4, 0.5) is 0 Å². The van der Waals surface area contributed by atoms with Crippen molar-refractivity contribution >= 4 is 17.5 Å². The quantitative estimate of drug-likeness (QED) is 0.864. The Morgan fingerprint density at radius 3 is 3.05 bits per heavy atom. The van der Waals surface area contributed by atoms with Crippen molar-refractivity contribution in [2.45, 2.75) is 12.5 Å². The summed E-state index contributed by atoms with van der Waals surface area (Å²) < 4.78 is 5.58. The zero-order valence-electron chi connectivity index (χ0n) is 10.7. The molecule has 0 radical (unpaired) electrons. The number of nitrogens with zero attached hydrogens (tertiary/aromatic N) is 1. The average Bonchev–Trinajstić information content (AvgIpc) is 2.47. The van der Waals surface area contributed by atoms with Gasteiger partial charge in [0, 0.05) is 23.7 Å². The third kappa shape index (κ3) is 2.60. The molecule has 5 heteroatoms. The molecule has 1 amide bonds. The molecule has 3 rings (SSSR count). The molecule has 1 aromatic carbocycles. The molecule has 0 fully saturated rings.